The van der Waals surface area contributed by atoms with Crippen molar-refractivity contribution >= 4 is 17.9 Å². The minimum absolute atomic E-state index is 0.111. The summed E-state index contributed by atoms with van der Waals surface area (Å²) in [7, 11) is 4.65. The lowest BCUT2D eigenvalue weighted by Crippen LogP contribution is -2.41. The molecule has 0 saturated carbocycles. The Balaban J connectivity index is 2.10. The molecule has 2 rings (SSSR count). The SMILES string of the molecule is COc1cc(OC)c(OC)cc1/C=C/C(=O)N1CCC(C(N)=O)CC1. The number of amides is 2. The highest BCUT2D eigenvalue weighted by Crippen LogP contribution is 2.35. The average molecular weight is 348 g/mol. The third-order valence-electron chi connectivity index (χ3n) is 4.35. The number of nitrogens with two attached hydrogens (primary N) is 1. The van der Waals surface area contributed by atoms with Gasteiger partial charge in [-0.2, -0.15) is 0 Å². The number of rotatable bonds is 6. The molecule has 1 aliphatic rings. The minimum Gasteiger partial charge on any atom is -0.496 e. The average Bonchev–Trinajstić information content (AvgIpc) is 2.65. The molecule has 0 unspecified atom stereocenters. The maximum atomic E-state index is 12.4. The van der Waals surface area contributed by atoms with Crippen LogP contribution in [0.1, 0.15) is 18.4 Å². The van der Waals surface area contributed by atoms with E-state index in [4.69, 9.17) is 19.9 Å². The van der Waals surface area contributed by atoms with Crippen LogP contribution in [0, 0.1) is 5.92 Å². The predicted molar refractivity (Wildman–Crippen MR) is 93.6 cm³/mol. The number of likely N-dealkylation sites (tertiary alicyclic amines) is 1. The summed E-state index contributed by atoms with van der Waals surface area (Å²) in [5, 5.41) is 0. The van der Waals surface area contributed by atoms with Crippen molar-refractivity contribution in [3.05, 3.63) is 23.8 Å². The Labute approximate surface area is 147 Å². The summed E-state index contributed by atoms with van der Waals surface area (Å²) in [6, 6.07) is 3.46. The van der Waals surface area contributed by atoms with E-state index in [2.05, 4.69) is 0 Å². The van der Waals surface area contributed by atoms with E-state index in [0.29, 0.717) is 48.7 Å². The number of primary amides is 1. The maximum absolute atomic E-state index is 12.4. The van der Waals surface area contributed by atoms with Crippen molar-refractivity contribution in [2.24, 2.45) is 11.7 Å². The maximum Gasteiger partial charge on any atom is 0.246 e. The quantitative estimate of drug-likeness (QED) is 0.786. The number of benzene rings is 1. The number of carbonyl (C=O) groups excluding carboxylic acids is 2. The van der Waals surface area contributed by atoms with E-state index in [9.17, 15) is 9.59 Å². The summed E-state index contributed by atoms with van der Waals surface area (Å²) in [5.74, 6) is 1.14. The molecule has 0 atom stereocenters. The van der Waals surface area contributed by atoms with Crippen molar-refractivity contribution in [1.82, 2.24) is 4.90 Å². The molecule has 0 aromatic heterocycles. The summed E-state index contributed by atoms with van der Waals surface area (Å²) in [4.78, 5) is 25.3. The van der Waals surface area contributed by atoms with Gasteiger partial charge in [0.2, 0.25) is 11.8 Å². The Morgan fingerprint density at radius 1 is 1.04 bits per heavy atom. The molecule has 25 heavy (non-hydrogen) atoms. The molecule has 7 heteroatoms. The third-order valence-corrected chi connectivity index (χ3v) is 4.35. The predicted octanol–water partition coefficient (Wildman–Crippen LogP) is 1.45. The van der Waals surface area contributed by atoms with Gasteiger partial charge in [-0.25, -0.2) is 0 Å². The first kappa shape index (κ1) is 18.6. The molecular formula is C18H24N2O5. The second-order valence-corrected chi connectivity index (χ2v) is 5.78. The van der Waals surface area contributed by atoms with Crippen LogP contribution in [-0.4, -0.2) is 51.1 Å². The molecule has 2 amide bonds. The molecule has 136 valence electrons. The number of carbonyl (C=O) groups is 2. The lowest BCUT2D eigenvalue weighted by atomic mass is 9.96. The van der Waals surface area contributed by atoms with E-state index >= 15 is 0 Å². The standard InChI is InChI=1S/C18H24N2O5/c1-23-14-11-16(25-3)15(24-2)10-13(14)4-5-17(21)20-8-6-12(7-9-20)18(19)22/h4-5,10-12H,6-9H2,1-3H3,(H2,19,22)/b5-4+. The van der Waals surface area contributed by atoms with Crippen LogP contribution in [0.15, 0.2) is 18.2 Å². The summed E-state index contributed by atoms with van der Waals surface area (Å²) in [6.45, 7) is 1.06. The monoisotopic (exact) mass is 348 g/mol. The van der Waals surface area contributed by atoms with Gasteiger partial charge in [0.1, 0.15) is 5.75 Å². The van der Waals surface area contributed by atoms with Gasteiger partial charge < -0.3 is 24.8 Å². The van der Waals surface area contributed by atoms with Gasteiger partial charge in [0.25, 0.3) is 0 Å². The van der Waals surface area contributed by atoms with Crippen LogP contribution in [0.4, 0.5) is 0 Å². The van der Waals surface area contributed by atoms with Gasteiger partial charge in [0.15, 0.2) is 11.5 Å². The number of hydrogen-bond acceptors (Lipinski definition) is 5. The van der Waals surface area contributed by atoms with Crippen LogP contribution in [0.5, 0.6) is 17.2 Å². The normalized spacial score (nSPS) is 15.2. The molecule has 7 nitrogen and oxygen atoms in total. The highest BCUT2D eigenvalue weighted by Gasteiger charge is 2.24. The van der Waals surface area contributed by atoms with Crippen LogP contribution < -0.4 is 19.9 Å². The molecule has 1 aromatic carbocycles. The smallest absolute Gasteiger partial charge is 0.246 e. The molecule has 2 N–H and O–H groups in total. The second-order valence-electron chi connectivity index (χ2n) is 5.78. The summed E-state index contributed by atoms with van der Waals surface area (Å²) >= 11 is 0. The zero-order chi connectivity index (χ0) is 18.4. The topological polar surface area (TPSA) is 91.1 Å². The van der Waals surface area contributed by atoms with Crippen LogP contribution >= 0.6 is 0 Å². The van der Waals surface area contributed by atoms with Gasteiger partial charge in [-0.15, -0.1) is 0 Å². The minimum atomic E-state index is -0.294. The van der Waals surface area contributed by atoms with Crippen LogP contribution in [-0.2, 0) is 9.59 Å². The van der Waals surface area contributed by atoms with E-state index in [0.717, 1.165) is 0 Å². The lowest BCUT2D eigenvalue weighted by molar-refractivity contribution is -0.130. The summed E-state index contributed by atoms with van der Waals surface area (Å²) in [5.41, 5.74) is 6.02. The van der Waals surface area contributed by atoms with Crippen molar-refractivity contribution in [3.8, 4) is 17.2 Å². The van der Waals surface area contributed by atoms with Gasteiger partial charge >= 0.3 is 0 Å². The van der Waals surface area contributed by atoms with Crippen LogP contribution in [0.3, 0.4) is 0 Å². The molecule has 1 aliphatic heterocycles. The van der Waals surface area contributed by atoms with Crippen molar-refractivity contribution in [3.63, 3.8) is 0 Å². The van der Waals surface area contributed by atoms with E-state index < -0.39 is 0 Å². The van der Waals surface area contributed by atoms with Crippen molar-refractivity contribution in [2.75, 3.05) is 34.4 Å². The zero-order valence-corrected chi connectivity index (χ0v) is 14.8. The molecular weight excluding hydrogens is 324 g/mol. The fourth-order valence-corrected chi connectivity index (χ4v) is 2.83. The van der Waals surface area contributed by atoms with E-state index in [1.165, 1.54) is 6.08 Å². The fraction of sp³-hybridized carbons (Fsp3) is 0.444. The molecule has 1 heterocycles. The Morgan fingerprint density at radius 2 is 1.60 bits per heavy atom. The fourth-order valence-electron chi connectivity index (χ4n) is 2.83. The zero-order valence-electron chi connectivity index (χ0n) is 14.8. The number of hydrogen-bond donors (Lipinski definition) is 1. The number of nitrogens with zero attached hydrogens (tertiary/aromatic N) is 1. The Morgan fingerprint density at radius 3 is 2.12 bits per heavy atom. The molecule has 1 fully saturated rings. The third kappa shape index (κ3) is 4.43. The van der Waals surface area contributed by atoms with Gasteiger partial charge in [-0.3, -0.25) is 9.59 Å². The second kappa shape index (κ2) is 8.41. The van der Waals surface area contributed by atoms with E-state index in [-0.39, 0.29) is 17.7 Å². The highest BCUT2D eigenvalue weighted by molar-refractivity contribution is 5.92. The van der Waals surface area contributed by atoms with Crippen molar-refractivity contribution in [2.45, 2.75) is 12.8 Å². The highest BCUT2D eigenvalue weighted by atomic mass is 16.5. The van der Waals surface area contributed by atoms with Crippen LogP contribution in [0.25, 0.3) is 6.08 Å². The number of ether oxygens (including phenoxy) is 3. The first-order valence-electron chi connectivity index (χ1n) is 8.06. The van der Waals surface area contributed by atoms with E-state index in [1.807, 2.05) is 0 Å². The van der Waals surface area contributed by atoms with E-state index in [1.54, 1.807) is 44.4 Å². The van der Waals surface area contributed by atoms with Crippen molar-refractivity contribution in [1.29, 1.82) is 0 Å². The Hall–Kier alpha value is -2.70. The number of methoxy groups -OCH3 is 3. The Bertz CT molecular complexity index is 664. The number of piperidine rings is 1. The Kier molecular flexibility index (Phi) is 6.27. The van der Waals surface area contributed by atoms with Gasteiger partial charge in [-0.1, -0.05) is 0 Å². The summed E-state index contributed by atoms with van der Waals surface area (Å²) < 4.78 is 15.9. The summed E-state index contributed by atoms with van der Waals surface area (Å²) in [6.07, 6.45) is 4.39. The molecule has 0 spiro atoms. The lowest BCUT2D eigenvalue weighted by Gasteiger charge is -2.29. The molecule has 1 aromatic rings. The van der Waals surface area contributed by atoms with Crippen LogP contribution in [0.2, 0.25) is 0 Å². The van der Waals surface area contributed by atoms with Crippen molar-refractivity contribution < 1.29 is 23.8 Å². The molecule has 1 saturated heterocycles. The molecule has 0 aliphatic carbocycles. The van der Waals surface area contributed by atoms with Gasteiger partial charge in [-0.05, 0) is 25.0 Å². The first-order valence-corrected chi connectivity index (χ1v) is 8.06. The van der Waals surface area contributed by atoms with Gasteiger partial charge in [0.05, 0.1) is 21.3 Å². The molecule has 0 bridgehead atoms. The largest absolute Gasteiger partial charge is 0.496 e. The first-order chi connectivity index (χ1) is 12.0. The van der Waals surface area contributed by atoms with Gasteiger partial charge in [0, 0.05) is 36.7 Å². The molecule has 0 radical (unpaired) electrons.